The zero-order valence-electron chi connectivity index (χ0n) is 10.5. The SMILES string of the molecule is CCC(Oc1c(C)cc(Br)cc1[N+](=O)[O-])C(N)=NO. The minimum absolute atomic E-state index is 0.117. The first-order chi connectivity index (χ1) is 8.90. The van der Waals surface area contributed by atoms with E-state index in [0.29, 0.717) is 16.5 Å². The molecule has 3 N–H and O–H groups in total. The molecule has 1 aromatic carbocycles. The molecular formula is C11H14BrN3O4. The summed E-state index contributed by atoms with van der Waals surface area (Å²) in [4.78, 5) is 10.5. The Morgan fingerprint density at radius 2 is 2.32 bits per heavy atom. The molecule has 0 bridgehead atoms. The number of nitro benzene ring substituents is 1. The topological polar surface area (TPSA) is 111 Å². The fraction of sp³-hybridized carbons (Fsp3) is 0.364. The van der Waals surface area contributed by atoms with Crippen molar-refractivity contribution in [2.24, 2.45) is 10.9 Å². The Morgan fingerprint density at radius 1 is 1.68 bits per heavy atom. The summed E-state index contributed by atoms with van der Waals surface area (Å²) in [6.45, 7) is 3.45. The Bertz CT molecular complexity index is 519. The Kier molecular flexibility index (Phi) is 5.11. The second-order valence-corrected chi connectivity index (χ2v) is 4.78. The van der Waals surface area contributed by atoms with Crippen LogP contribution in [0.5, 0.6) is 5.75 Å². The van der Waals surface area contributed by atoms with E-state index in [2.05, 4.69) is 21.1 Å². The highest BCUT2D eigenvalue weighted by molar-refractivity contribution is 9.10. The van der Waals surface area contributed by atoms with E-state index in [1.54, 1.807) is 19.9 Å². The number of ether oxygens (including phenoxy) is 1. The summed E-state index contributed by atoms with van der Waals surface area (Å²) in [5, 5.41) is 22.5. The van der Waals surface area contributed by atoms with Gasteiger partial charge in [0.1, 0.15) is 0 Å². The fourth-order valence-corrected chi connectivity index (χ4v) is 2.12. The van der Waals surface area contributed by atoms with Crippen LogP contribution in [0.4, 0.5) is 5.69 Å². The lowest BCUT2D eigenvalue weighted by molar-refractivity contribution is -0.386. The number of halogens is 1. The second-order valence-electron chi connectivity index (χ2n) is 3.87. The molecule has 7 nitrogen and oxygen atoms in total. The van der Waals surface area contributed by atoms with E-state index in [9.17, 15) is 10.1 Å². The summed E-state index contributed by atoms with van der Waals surface area (Å²) in [5.74, 6) is -0.00855. The molecule has 0 aliphatic carbocycles. The van der Waals surface area contributed by atoms with Gasteiger partial charge in [-0.25, -0.2) is 0 Å². The maximum absolute atomic E-state index is 11.0. The lowest BCUT2D eigenvalue weighted by Crippen LogP contribution is -2.33. The standard InChI is InChI=1S/C11H14BrN3O4/c1-3-9(11(13)14-16)19-10-6(2)4-7(12)5-8(10)15(17)18/h4-5,9,16H,3H2,1-2H3,(H2,13,14). The number of hydrogen-bond acceptors (Lipinski definition) is 5. The Hall–Kier alpha value is -1.83. The molecule has 0 radical (unpaired) electrons. The summed E-state index contributed by atoms with van der Waals surface area (Å²) in [7, 11) is 0. The normalized spacial score (nSPS) is 13.1. The van der Waals surface area contributed by atoms with E-state index in [1.807, 2.05) is 0 Å². The molecule has 1 aromatic rings. The molecule has 0 aliphatic heterocycles. The molecule has 0 fully saturated rings. The predicted octanol–water partition coefficient (Wildman–Crippen LogP) is 2.57. The molecule has 19 heavy (non-hydrogen) atoms. The number of nitrogens with zero attached hydrogens (tertiary/aromatic N) is 2. The number of amidine groups is 1. The Balaban J connectivity index is 3.23. The van der Waals surface area contributed by atoms with Crippen LogP contribution >= 0.6 is 15.9 Å². The second kappa shape index (κ2) is 6.37. The molecule has 0 saturated carbocycles. The van der Waals surface area contributed by atoms with Crippen molar-refractivity contribution >= 4 is 27.5 Å². The third-order valence-corrected chi connectivity index (χ3v) is 2.95. The summed E-state index contributed by atoms with van der Waals surface area (Å²) in [6.07, 6.45) is -0.300. The molecular weight excluding hydrogens is 318 g/mol. The number of hydrogen-bond donors (Lipinski definition) is 2. The van der Waals surface area contributed by atoms with Gasteiger partial charge in [0.15, 0.2) is 11.9 Å². The minimum atomic E-state index is -0.719. The number of aryl methyl sites for hydroxylation is 1. The molecule has 0 spiro atoms. The molecule has 1 rings (SSSR count). The van der Waals surface area contributed by atoms with Crippen molar-refractivity contribution < 1.29 is 14.9 Å². The number of rotatable bonds is 5. The smallest absolute Gasteiger partial charge is 0.312 e. The van der Waals surface area contributed by atoms with Crippen molar-refractivity contribution in [1.82, 2.24) is 0 Å². The average Bonchev–Trinajstić information content (AvgIpc) is 2.36. The van der Waals surface area contributed by atoms with Crippen molar-refractivity contribution in [3.63, 3.8) is 0 Å². The van der Waals surface area contributed by atoms with Crippen LogP contribution in [0.25, 0.3) is 0 Å². The van der Waals surface area contributed by atoms with Gasteiger partial charge in [-0.2, -0.15) is 0 Å². The van der Waals surface area contributed by atoms with E-state index in [-0.39, 0.29) is 17.3 Å². The van der Waals surface area contributed by atoms with Gasteiger partial charge in [0.2, 0.25) is 5.75 Å². The van der Waals surface area contributed by atoms with Crippen molar-refractivity contribution in [2.45, 2.75) is 26.4 Å². The van der Waals surface area contributed by atoms with Crippen molar-refractivity contribution in [2.75, 3.05) is 0 Å². The van der Waals surface area contributed by atoms with Gasteiger partial charge in [0, 0.05) is 10.5 Å². The minimum Gasteiger partial charge on any atom is -0.475 e. The quantitative estimate of drug-likeness (QED) is 0.283. The van der Waals surface area contributed by atoms with Gasteiger partial charge < -0.3 is 15.7 Å². The van der Waals surface area contributed by atoms with Gasteiger partial charge in [-0.05, 0) is 25.0 Å². The largest absolute Gasteiger partial charge is 0.475 e. The van der Waals surface area contributed by atoms with Gasteiger partial charge in [-0.15, -0.1) is 0 Å². The molecule has 1 unspecified atom stereocenters. The molecule has 104 valence electrons. The first-order valence-corrected chi connectivity index (χ1v) is 6.28. The van der Waals surface area contributed by atoms with Gasteiger partial charge in [0.25, 0.3) is 0 Å². The lowest BCUT2D eigenvalue weighted by atomic mass is 10.2. The van der Waals surface area contributed by atoms with Crippen molar-refractivity contribution in [3.8, 4) is 5.75 Å². The third kappa shape index (κ3) is 3.57. The first-order valence-electron chi connectivity index (χ1n) is 5.49. The van der Waals surface area contributed by atoms with E-state index in [4.69, 9.17) is 15.7 Å². The summed E-state index contributed by atoms with van der Waals surface area (Å²) in [5.41, 5.74) is 5.90. The van der Waals surface area contributed by atoms with Crippen LogP contribution in [0.15, 0.2) is 21.8 Å². The van der Waals surface area contributed by atoms with Crippen molar-refractivity contribution in [3.05, 3.63) is 32.3 Å². The Morgan fingerprint density at radius 3 is 2.79 bits per heavy atom. The van der Waals surface area contributed by atoms with Crippen LogP contribution in [0.2, 0.25) is 0 Å². The first kappa shape index (κ1) is 15.2. The number of benzene rings is 1. The monoisotopic (exact) mass is 331 g/mol. The van der Waals surface area contributed by atoms with E-state index in [0.717, 1.165) is 0 Å². The molecule has 0 aliphatic rings. The zero-order chi connectivity index (χ0) is 14.6. The van der Waals surface area contributed by atoms with E-state index in [1.165, 1.54) is 6.07 Å². The summed E-state index contributed by atoms with van der Waals surface area (Å²) >= 11 is 3.19. The number of nitro groups is 1. The average molecular weight is 332 g/mol. The van der Waals surface area contributed by atoms with Crippen LogP contribution < -0.4 is 10.5 Å². The molecule has 0 amide bonds. The highest BCUT2D eigenvalue weighted by Crippen LogP contribution is 2.35. The lowest BCUT2D eigenvalue weighted by Gasteiger charge is -2.17. The number of nitrogens with two attached hydrogens (primary N) is 1. The third-order valence-electron chi connectivity index (χ3n) is 2.49. The van der Waals surface area contributed by atoms with E-state index >= 15 is 0 Å². The van der Waals surface area contributed by atoms with E-state index < -0.39 is 11.0 Å². The fourth-order valence-electron chi connectivity index (χ4n) is 1.56. The molecule has 0 aromatic heterocycles. The highest BCUT2D eigenvalue weighted by atomic mass is 79.9. The van der Waals surface area contributed by atoms with Crippen LogP contribution in [0.1, 0.15) is 18.9 Å². The Labute approximate surface area is 118 Å². The highest BCUT2D eigenvalue weighted by Gasteiger charge is 2.23. The van der Waals surface area contributed by atoms with Gasteiger partial charge in [0.05, 0.1) is 4.92 Å². The molecule has 8 heteroatoms. The zero-order valence-corrected chi connectivity index (χ0v) is 12.0. The van der Waals surface area contributed by atoms with Gasteiger partial charge >= 0.3 is 5.69 Å². The number of oxime groups is 1. The van der Waals surface area contributed by atoms with Crippen molar-refractivity contribution in [1.29, 1.82) is 0 Å². The molecule has 0 heterocycles. The van der Waals surface area contributed by atoms with Crippen LogP contribution in [0.3, 0.4) is 0 Å². The summed E-state index contributed by atoms with van der Waals surface area (Å²) < 4.78 is 6.10. The maximum Gasteiger partial charge on any atom is 0.312 e. The van der Waals surface area contributed by atoms with Gasteiger partial charge in [-0.1, -0.05) is 28.0 Å². The molecule has 0 saturated heterocycles. The summed E-state index contributed by atoms with van der Waals surface area (Å²) in [6, 6.07) is 3.04. The van der Waals surface area contributed by atoms with Gasteiger partial charge in [-0.3, -0.25) is 10.1 Å². The van der Waals surface area contributed by atoms with Crippen LogP contribution in [-0.2, 0) is 0 Å². The molecule has 1 atom stereocenters. The predicted molar refractivity (Wildman–Crippen MR) is 73.6 cm³/mol. The van der Waals surface area contributed by atoms with Crippen LogP contribution in [-0.4, -0.2) is 22.1 Å². The van der Waals surface area contributed by atoms with Crippen LogP contribution in [0, 0.1) is 17.0 Å². The maximum atomic E-state index is 11.0.